The number of carbonyl (C=O) groups is 1. The molecule has 0 radical (unpaired) electrons. The highest BCUT2D eigenvalue weighted by Crippen LogP contribution is 2.22. The van der Waals surface area contributed by atoms with E-state index in [1.54, 1.807) is 0 Å². The van der Waals surface area contributed by atoms with Gasteiger partial charge in [-0.1, -0.05) is 29.8 Å². The molecule has 2 aromatic heterocycles. The molecular formula is C19H21ClFN9O2. The molecule has 1 saturated heterocycles. The molecule has 13 heteroatoms. The molecule has 3 aromatic rings. The maximum atomic E-state index is 13.9. The Hall–Kier alpha value is -3.38. The SMILES string of the molecule is CC1CCN(Cc2c(C(=O)N/N=C/c3c(F)cccc3Cl)nnn2-c2nonc2N)CC1. The van der Waals surface area contributed by atoms with Crippen LogP contribution in [0.25, 0.3) is 5.82 Å². The summed E-state index contributed by atoms with van der Waals surface area (Å²) in [6, 6.07) is 4.24. The Morgan fingerprint density at radius 2 is 2.19 bits per heavy atom. The highest BCUT2D eigenvalue weighted by atomic mass is 35.5. The summed E-state index contributed by atoms with van der Waals surface area (Å²) >= 11 is 5.97. The van der Waals surface area contributed by atoms with E-state index in [1.807, 2.05) is 0 Å². The molecule has 3 N–H and O–H groups in total. The highest BCUT2D eigenvalue weighted by Gasteiger charge is 2.26. The molecule has 0 aliphatic carbocycles. The van der Waals surface area contributed by atoms with Crippen molar-refractivity contribution < 1.29 is 13.8 Å². The molecular weight excluding hydrogens is 441 g/mol. The van der Waals surface area contributed by atoms with Gasteiger partial charge in [0.05, 0.1) is 16.9 Å². The van der Waals surface area contributed by atoms with Gasteiger partial charge in [-0.25, -0.2) is 14.4 Å². The molecule has 11 nitrogen and oxygen atoms in total. The number of halogens is 2. The van der Waals surface area contributed by atoms with E-state index in [1.165, 1.54) is 22.9 Å². The smallest absolute Gasteiger partial charge is 0.293 e. The van der Waals surface area contributed by atoms with Gasteiger partial charge < -0.3 is 5.73 Å². The van der Waals surface area contributed by atoms with Gasteiger partial charge in [-0.2, -0.15) is 9.78 Å². The van der Waals surface area contributed by atoms with Crippen LogP contribution in [0, 0.1) is 11.7 Å². The van der Waals surface area contributed by atoms with E-state index in [0.29, 0.717) is 18.2 Å². The van der Waals surface area contributed by atoms with E-state index >= 15 is 0 Å². The Morgan fingerprint density at radius 1 is 1.41 bits per heavy atom. The maximum absolute atomic E-state index is 13.9. The largest absolute Gasteiger partial charge is 0.378 e. The topological polar surface area (TPSA) is 140 Å². The molecule has 0 atom stereocenters. The first-order valence-corrected chi connectivity index (χ1v) is 10.3. The van der Waals surface area contributed by atoms with Crippen LogP contribution in [0.3, 0.4) is 0 Å². The predicted octanol–water partition coefficient (Wildman–Crippen LogP) is 2.02. The molecule has 168 valence electrons. The first-order chi connectivity index (χ1) is 15.4. The summed E-state index contributed by atoms with van der Waals surface area (Å²) in [7, 11) is 0. The lowest BCUT2D eigenvalue weighted by molar-refractivity contribution is 0.0946. The van der Waals surface area contributed by atoms with E-state index in [9.17, 15) is 9.18 Å². The quantitative estimate of drug-likeness (QED) is 0.419. The monoisotopic (exact) mass is 461 g/mol. The number of nitrogen functional groups attached to an aromatic ring is 1. The number of piperidine rings is 1. The zero-order chi connectivity index (χ0) is 22.7. The summed E-state index contributed by atoms with van der Waals surface area (Å²) in [6.07, 6.45) is 3.22. The minimum absolute atomic E-state index is 0.0163. The Balaban J connectivity index is 1.58. The van der Waals surface area contributed by atoms with Gasteiger partial charge >= 0.3 is 0 Å². The van der Waals surface area contributed by atoms with Crippen LogP contribution in [-0.4, -0.2) is 55.4 Å². The standard InChI is InChI=1S/C19H21ClFN9O2/c1-11-5-7-29(8-6-11)10-15-16(24-28-30(15)18-17(22)26-32-27-18)19(31)25-23-9-12-13(20)3-2-4-14(12)21/h2-4,9,11H,5-8,10H2,1H3,(H2,22,26)(H,25,31)/b23-9+. The van der Waals surface area contributed by atoms with Crippen molar-refractivity contribution in [3.63, 3.8) is 0 Å². The Bertz CT molecular complexity index is 1120. The molecule has 3 heterocycles. The third kappa shape index (κ3) is 4.60. The van der Waals surface area contributed by atoms with Crippen molar-refractivity contribution in [3.05, 3.63) is 46.0 Å². The minimum atomic E-state index is -0.629. The fourth-order valence-electron chi connectivity index (χ4n) is 3.40. The second-order valence-corrected chi connectivity index (χ2v) is 7.97. The third-order valence-corrected chi connectivity index (χ3v) is 5.61. The molecule has 0 unspecified atom stereocenters. The highest BCUT2D eigenvalue weighted by molar-refractivity contribution is 6.33. The van der Waals surface area contributed by atoms with Crippen LogP contribution >= 0.6 is 11.6 Å². The number of rotatable bonds is 6. The molecule has 4 rings (SSSR count). The summed E-state index contributed by atoms with van der Waals surface area (Å²) in [5.74, 6) is -0.390. The molecule has 32 heavy (non-hydrogen) atoms. The van der Waals surface area contributed by atoms with Crippen LogP contribution in [0.5, 0.6) is 0 Å². The van der Waals surface area contributed by atoms with Crippen LogP contribution in [0.2, 0.25) is 5.02 Å². The number of amides is 1. The average molecular weight is 462 g/mol. The first-order valence-electron chi connectivity index (χ1n) is 9.96. The number of hydrogen-bond donors (Lipinski definition) is 2. The summed E-state index contributed by atoms with van der Waals surface area (Å²) in [5, 5.41) is 19.3. The van der Waals surface area contributed by atoms with Gasteiger partial charge in [0.2, 0.25) is 11.6 Å². The van der Waals surface area contributed by atoms with Crippen LogP contribution in [0.4, 0.5) is 10.2 Å². The molecule has 1 aromatic carbocycles. The second kappa shape index (κ2) is 9.40. The van der Waals surface area contributed by atoms with Crippen molar-refractivity contribution in [2.75, 3.05) is 18.8 Å². The number of nitrogens with two attached hydrogens (primary N) is 1. The lowest BCUT2D eigenvalue weighted by Crippen LogP contribution is -2.34. The van der Waals surface area contributed by atoms with Crippen molar-refractivity contribution in [2.45, 2.75) is 26.3 Å². The van der Waals surface area contributed by atoms with E-state index in [2.05, 4.69) is 47.6 Å². The molecule has 0 spiro atoms. The van der Waals surface area contributed by atoms with Gasteiger partial charge in [-0.05, 0) is 54.3 Å². The van der Waals surface area contributed by atoms with Gasteiger partial charge in [0.25, 0.3) is 5.91 Å². The first kappa shape index (κ1) is 21.8. The Morgan fingerprint density at radius 3 is 2.88 bits per heavy atom. The molecule has 0 saturated carbocycles. The van der Waals surface area contributed by atoms with Gasteiger partial charge in [-0.15, -0.1) is 5.10 Å². The van der Waals surface area contributed by atoms with E-state index in [-0.39, 0.29) is 27.9 Å². The number of nitrogens with one attached hydrogen (secondary N) is 1. The molecule has 1 aliphatic rings. The Labute approximate surface area is 187 Å². The number of hydrazone groups is 1. The fraction of sp³-hybridized carbons (Fsp3) is 0.368. The van der Waals surface area contributed by atoms with Crippen LogP contribution in [0.15, 0.2) is 27.9 Å². The maximum Gasteiger partial charge on any atom is 0.293 e. The number of hydrogen-bond acceptors (Lipinski definition) is 9. The number of nitrogens with zero attached hydrogens (tertiary/aromatic N) is 7. The minimum Gasteiger partial charge on any atom is -0.378 e. The Kier molecular flexibility index (Phi) is 6.42. The molecule has 1 amide bonds. The second-order valence-electron chi connectivity index (χ2n) is 7.56. The zero-order valence-electron chi connectivity index (χ0n) is 17.2. The number of likely N-dealkylation sites (tertiary alicyclic amines) is 1. The number of anilines is 1. The molecule has 1 aliphatic heterocycles. The number of carbonyl (C=O) groups excluding carboxylic acids is 1. The summed E-state index contributed by atoms with van der Waals surface area (Å²) in [5.41, 5.74) is 8.69. The van der Waals surface area contributed by atoms with Crippen LogP contribution in [0.1, 0.15) is 41.5 Å². The lowest BCUT2D eigenvalue weighted by atomic mass is 9.99. The van der Waals surface area contributed by atoms with Crippen molar-refractivity contribution in [1.82, 2.24) is 35.6 Å². The lowest BCUT2D eigenvalue weighted by Gasteiger charge is -2.30. The van der Waals surface area contributed by atoms with Crippen molar-refractivity contribution >= 4 is 29.5 Å². The van der Waals surface area contributed by atoms with Gasteiger partial charge in [-0.3, -0.25) is 9.69 Å². The predicted molar refractivity (Wildman–Crippen MR) is 114 cm³/mol. The summed E-state index contributed by atoms with van der Waals surface area (Å²) < 4.78 is 19.9. The number of benzene rings is 1. The van der Waals surface area contributed by atoms with Crippen LogP contribution < -0.4 is 11.2 Å². The van der Waals surface area contributed by atoms with Crippen molar-refractivity contribution in [2.24, 2.45) is 11.0 Å². The summed E-state index contributed by atoms with van der Waals surface area (Å²) in [6.45, 7) is 4.33. The van der Waals surface area contributed by atoms with Crippen molar-refractivity contribution in [3.8, 4) is 5.82 Å². The van der Waals surface area contributed by atoms with Crippen LogP contribution in [-0.2, 0) is 6.54 Å². The summed E-state index contributed by atoms with van der Waals surface area (Å²) in [4.78, 5) is 15.0. The fourth-order valence-corrected chi connectivity index (χ4v) is 3.61. The zero-order valence-corrected chi connectivity index (χ0v) is 18.0. The van der Waals surface area contributed by atoms with E-state index in [0.717, 1.165) is 32.1 Å². The molecule has 1 fully saturated rings. The molecule has 0 bridgehead atoms. The van der Waals surface area contributed by atoms with E-state index < -0.39 is 11.7 Å². The normalized spacial score (nSPS) is 15.5. The van der Waals surface area contributed by atoms with Gasteiger partial charge in [0, 0.05) is 12.1 Å². The van der Waals surface area contributed by atoms with Gasteiger partial charge in [0.1, 0.15) is 5.82 Å². The average Bonchev–Trinajstić information content (AvgIpc) is 3.37. The van der Waals surface area contributed by atoms with E-state index in [4.69, 9.17) is 17.3 Å². The van der Waals surface area contributed by atoms with Gasteiger partial charge in [0.15, 0.2) is 5.69 Å². The third-order valence-electron chi connectivity index (χ3n) is 5.28. The van der Waals surface area contributed by atoms with Crippen molar-refractivity contribution in [1.29, 1.82) is 0 Å². The number of aromatic nitrogens is 5.